The number of hydrogen-bond acceptors (Lipinski definition) is 11. The fourth-order valence-electron chi connectivity index (χ4n) is 5.71. The second-order valence-corrected chi connectivity index (χ2v) is 14.5. The van der Waals surface area contributed by atoms with E-state index in [9.17, 15) is 0 Å². The van der Waals surface area contributed by atoms with Crippen LogP contribution in [-0.2, 0) is 52.1 Å². The molecule has 0 rings (SSSR count). The quantitative estimate of drug-likeness (QED) is 0.0433. The predicted octanol–water partition coefficient (Wildman–Crippen LogP) is 9.23. The molecule has 0 aliphatic rings. The molecule has 56 heavy (non-hydrogen) atoms. The van der Waals surface area contributed by atoms with Crippen molar-refractivity contribution in [2.75, 3.05) is 151 Å². The summed E-state index contributed by atoms with van der Waals surface area (Å²) in [5.41, 5.74) is 0. The summed E-state index contributed by atoms with van der Waals surface area (Å²) in [7, 11) is 0. The molecule has 0 spiro atoms. The molecule has 0 fully saturated rings. The first-order valence-corrected chi connectivity index (χ1v) is 23.4. The van der Waals surface area contributed by atoms with E-state index in [-0.39, 0.29) is 0 Å². The van der Waals surface area contributed by atoms with Gasteiger partial charge in [-0.1, -0.05) is 116 Å². The third-order valence-corrected chi connectivity index (χ3v) is 9.30. The zero-order valence-electron chi connectivity index (χ0n) is 36.3. The Morgan fingerprint density at radius 2 is 0.357 bits per heavy atom. The monoisotopic (exact) mass is 829 g/mol. The summed E-state index contributed by atoms with van der Waals surface area (Å²) >= 11 is 5.66. The largest absolute Gasteiger partial charge is 0.379 e. The molecular formula is C44H89ClO11. The van der Waals surface area contributed by atoms with Crippen LogP contribution in [0.2, 0.25) is 0 Å². The lowest BCUT2D eigenvalue weighted by Gasteiger charge is -2.09. The minimum absolute atomic E-state index is 0.524. The topological polar surface area (TPSA) is 102 Å². The summed E-state index contributed by atoms with van der Waals surface area (Å²) in [6.07, 6.45) is 26.7. The molecule has 0 aromatic rings. The van der Waals surface area contributed by atoms with Crippen LogP contribution >= 0.6 is 11.6 Å². The Kier molecular flexibility index (Phi) is 54.7. The smallest absolute Gasteiger partial charge is 0.0701 e. The summed E-state index contributed by atoms with van der Waals surface area (Å²) in [5, 5.41) is 0. The lowest BCUT2D eigenvalue weighted by molar-refractivity contribution is -0.0275. The third kappa shape index (κ3) is 53.9. The van der Waals surface area contributed by atoms with Crippen molar-refractivity contribution >= 4 is 11.6 Å². The molecule has 0 bridgehead atoms. The van der Waals surface area contributed by atoms with Gasteiger partial charge >= 0.3 is 0 Å². The minimum atomic E-state index is 0.524. The summed E-state index contributed by atoms with van der Waals surface area (Å²) < 4.78 is 61.0. The van der Waals surface area contributed by atoms with Gasteiger partial charge in [0.2, 0.25) is 0 Å². The average molecular weight is 830 g/mol. The van der Waals surface area contributed by atoms with Crippen LogP contribution in [-0.4, -0.2) is 151 Å². The summed E-state index contributed by atoms with van der Waals surface area (Å²) in [5.74, 6) is 0.746. The maximum absolute atomic E-state index is 5.70. The van der Waals surface area contributed by atoms with E-state index >= 15 is 0 Å². The van der Waals surface area contributed by atoms with E-state index in [2.05, 4.69) is 6.92 Å². The molecule has 0 amide bonds. The fourth-order valence-corrected chi connectivity index (χ4v) is 5.89. The molecule has 0 radical (unpaired) electrons. The van der Waals surface area contributed by atoms with Gasteiger partial charge in [0.1, 0.15) is 0 Å². The summed E-state index contributed by atoms with van der Waals surface area (Å²) in [4.78, 5) is 0. The highest BCUT2D eigenvalue weighted by Crippen LogP contribution is 2.13. The van der Waals surface area contributed by atoms with Crippen LogP contribution in [0.5, 0.6) is 0 Å². The van der Waals surface area contributed by atoms with E-state index in [1.165, 1.54) is 109 Å². The van der Waals surface area contributed by atoms with Crippen LogP contribution in [0.1, 0.15) is 135 Å². The summed E-state index contributed by atoms with van der Waals surface area (Å²) in [6, 6.07) is 0. The highest BCUT2D eigenvalue weighted by atomic mass is 35.5. The number of rotatable bonds is 53. The lowest BCUT2D eigenvalue weighted by atomic mass is 10.0. The van der Waals surface area contributed by atoms with Crippen LogP contribution in [0, 0.1) is 0 Å². The van der Waals surface area contributed by atoms with E-state index in [0.29, 0.717) is 132 Å². The molecule has 12 heteroatoms. The van der Waals surface area contributed by atoms with E-state index in [1.54, 1.807) is 0 Å². The fraction of sp³-hybridized carbons (Fsp3) is 1.00. The Balaban J connectivity index is 3.05. The van der Waals surface area contributed by atoms with E-state index in [1.807, 2.05) is 0 Å². The maximum atomic E-state index is 5.70. The molecular weight excluding hydrogens is 740 g/mol. The van der Waals surface area contributed by atoms with Crippen molar-refractivity contribution in [1.82, 2.24) is 0 Å². The first kappa shape index (κ1) is 55.9. The third-order valence-electron chi connectivity index (χ3n) is 9.03. The summed E-state index contributed by atoms with van der Waals surface area (Å²) in [6.45, 7) is 15.0. The molecule has 0 N–H and O–H groups in total. The minimum Gasteiger partial charge on any atom is -0.379 e. The second kappa shape index (κ2) is 54.9. The van der Waals surface area contributed by atoms with Crippen molar-refractivity contribution in [1.29, 1.82) is 0 Å². The number of alkyl halides is 1. The highest BCUT2D eigenvalue weighted by Gasteiger charge is 1.98. The number of unbranched alkanes of at least 4 members (excludes halogenated alkanes) is 18. The van der Waals surface area contributed by atoms with Gasteiger partial charge in [0.25, 0.3) is 0 Å². The van der Waals surface area contributed by atoms with Crippen molar-refractivity contribution in [2.24, 2.45) is 0 Å². The van der Waals surface area contributed by atoms with Gasteiger partial charge in [0, 0.05) is 19.1 Å². The molecule has 0 saturated carbocycles. The molecule has 11 nitrogen and oxygen atoms in total. The standard InChI is InChI=1S/C44H89ClO11/c1-2-3-4-5-6-7-8-9-10-11-12-13-14-15-17-20-23-46-25-27-48-29-31-50-33-35-52-37-39-54-41-43-56-44-42-55-40-38-53-36-34-51-32-30-49-28-26-47-24-21-18-16-19-22-45/h2-44H2,1H3. The van der Waals surface area contributed by atoms with Crippen LogP contribution in [0.25, 0.3) is 0 Å². The average Bonchev–Trinajstić information content (AvgIpc) is 3.21. The van der Waals surface area contributed by atoms with Crippen molar-refractivity contribution < 1.29 is 52.1 Å². The van der Waals surface area contributed by atoms with Gasteiger partial charge in [-0.15, -0.1) is 11.6 Å². The Bertz CT molecular complexity index is 614. The van der Waals surface area contributed by atoms with Crippen molar-refractivity contribution in [3.63, 3.8) is 0 Å². The number of halogens is 1. The van der Waals surface area contributed by atoms with Gasteiger partial charge in [-0.3, -0.25) is 0 Å². The van der Waals surface area contributed by atoms with Crippen molar-refractivity contribution in [2.45, 2.75) is 135 Å². The SMILES string of the molecule is CCCCCCCCCCCCCCCCCCOCCOCCOCCOCCOCCOCCOCCOCCOCCOCCOCCCCCCCl. The van der Waals surface area contributed by atoms with Crippen LogP contribution in [0.15, 0.2) is 0 Å². The Morgan fingerprint density at radius 3 is 0.554 bits per heavy atom. The molecule has 0 aromatic heterocycles. The molecule has 0 aliphatic carbocycles. The molecule has 0 aromatic carbocycles. The second-order valence-electron chi connectivity index (χ2n) is 14.1. The van der Waals surface area contributed by atoms with Gasteiger partial charge in [0.05, 0.1) is 132 Å². The predicted molar refractivity (Wildman–Crippen MR) is 228 cm³/mol. The molecule has 0 saturated heterocycles. The van der Waals surface area contributed by atoms with Crippen molar-refractivity contribution in [3.8, 4) is 0 Å². The zero-order chi connectivity index (χ0) is 40.2. The van der Waals surface area contributed by atoms with Gasteiger partial charge in [-0.25, -0.2) is 0 Å². The maximum Gasteiger partial charge on any atom is 0.0701 e. The number of hydrogen-bond donors (Lipinski definition) is 0. The van der Waals surface area contributed by atoms with Crippen LogP contribution in [0.3, 0.4) is 0 Å². The lowest BCUT2D eigenvalue weighted by Crippen LogP contribution is -2.15. The van der Waals surface area contributed by atoms with E-state index in [4.69, 9.17) is 63.7 Å². The normalized spacial score (nSPS) is 11.7. The van der Waals surface area contributed by atoms with Crippen LogP contribution in [0.4, 0.5) is 0 Å². The van der Waals surface area contributed by atoms with E-state index in [0.717, 1.165) is 38.4 Å². The Morgan fingerprint density at radius 1 is 0.196 bits per heavy atom. The van der Waals surface area contributed by atoms with Crippen molar-refractivity contribution in [3.05, 3.63) is 0 Å². The Labute approximate surface area is 349 Å². The Hall–Kier alpha value is -0.150. The van der Waals surface area contributed by atoms with Gasteiger partial charge in [-0.05, 0) is 19.3 Å². The molecule has 338 valence electrons. The van der Waals surface area contributed by atoms with Gasteiger partial charge in [0.15, 0.2) is 0 Å². The highest BCUT2D eigenvalue weighted by molar-refractivity contribution is 6.17. The molecule has 0 unspecified atom stereocenters. The number of ether oxygens (including phenoxy) is 11. The molecule has 0 aliphatic heterocycles. The van der Waals surface area contributed by atoms with Crippen LogP contribution < -0.4 is 0 Å². The molecule has 0 heterocycles. The van der Waals surface area contributed by atoms with E-state index < -0.39 is 0 Å². The van der Waals surface area contributed by atoms with Gasteiger partial charge in [-0.2, -0.15) is 0 Å². The first-order valence-electron chi connectivity index (χ1n) is 22.8. The van der Waals surface area contributed by atoms with Gasteiger partial charge < -0.3 is 52.1 Å². The zero-order valence-corrected chi connectivity index (χ0v) is 37.0. The first-order chi connectivity index (χ1) is 27.9. The molecule has 0 atom stereocenters.